The van der Waals surface area contributed by atoms with Crippen molar-refractivity contribution in [1.29, 1.82) is 0 Å². The van der Waals surface area contributed by atoms with E-state index in [0.717, 1.165) is 40.8 Å². The highest BCUT2D eigenvalue weighted by atomic mass is 35.5. The van der Waals surface area contributed by atoms with Crippen LogP contribution >= 0.6 is 11.6 Å². The third kappa shape index (κ3) is 2.42. The van der Waals surface area contributed by atoms with Crippen LogP contribution in [0.5, 0.6) is 0 Å². The smallest absolute Gasteiger partial charge is 0.110 e. The molecule has 0 amide bonds. The standard InChI is InChI=1S/C14H18ClN3/c1-10-14(11-6-4-5-7-12(11)15)17-13(18(10)3)8-9-16-2/h4-7,16H,8-9H2,1-3H3. The fourth-order valence-electron chi connectivity index (χ4n) is 2.01. The predicted molar refractivity (Wildman–Crippen MR) is 76.0 cm³/mol. The van der Waals surface area contributed by atoms with Crippen LogP contribution in [-0.2, 0) is 13.5 Å². The van der Waals surface area contributed by atoms with Crippen LogP contribution in [0.2, 0.25) is 5.02 Å². The second-order valence-corrected chi connectivity index (χ2v) is 4.76. The molecule has 0 unspecified atom stereocenters. The maximum absolute atomic E-state index is 6.24. The molecule has 2 aromatic rings. The first kappa shape index (κ1) is 13.1. The topological polar surface area (TPSA) is 29.9 Å². The van der Waals surface area contributed by atoms with Crippen molar-refractivity contribution in [2.24, 2.45) is 7.05 Å². The van der Waals surface area contributed by atoms with Gasteiger partial charge in [-0.25, -0.2) is 4.98 Å². The molecule has 1 aromatic carbocycles. The summed E-state index contributed by atoms with van der Waals surface area (Å²) >= 11 is 6.24. The van der Waals surface area contributed by atoms with Gasteiger partial charge in [0.25, 0.3) is 0 Å². The molecule has 0 fully saturated rings. The van der Waals surface area contributed by atoms with E-state index in [1.807, 2.05) is 38.4 Å². The highest BCUT2D eigenvalue weighted by molar-refractivity contribution is 6.33. The van der Waals surface area contributed by atoms with Crippen LogP contribution in [0.15, 0.2) is 24.3 Å². The third-order valence-corrected chi connectivity index (χ3v) is 3.53. The van der Waals surface area contributed by atoms with Crippen molar-refractivity contribution in [1.82, 2.24) is 14.9 Å². The lowest BCUT2D eigenvalue weighted by Crippen LogP contribution is -2.13. The Hall–Kier alpha value is -1.32. The fourth-order valence-corrected chi connectivity index (χ4v) is 2.23. The number of likely N-dealkylation sites (N-methyl/N-ethyl adjacent to an activating group) is 1. The van der Waals surface area contributed by atoms with Gasteiger partial charge in [0.2, 0.25) is 0 Å². The lowest BCUT2D eigenvalue weighted by Gasteiger charge is -2.03. The van der Waals surface area contributed by atoms with Gasteiger partial charge in [0.05, 0.1) is 10.7 Å². The number of aromatic nitrogens is 2. The van der Waals surface area contributed by atoms with Gasteiger partial charge in [0.15, 0.2) is 0 Å². The number of nitrogens with zero attached hydrogens (tertiary/aromatic N) is 2. The van der Waals surface area contributed by atoms with Gasteiger partial charge in [-0.15, -0.1) is 0 Å². The molecule has 96 valence electrons. The number of halogens is 1. The summed E-state index contributed by atoms with van der Waals surface area (Å²) in [6.45, 7) is 3.00. The first-order chi connectivity index (χ1) is 8.65. The summed E-state index contributed by atoms with van der Waals surface area (Å²) in [6, 6.07) is 7.84. The van der Waals surface area contributed by atoms with Crippen molar-refractivity contribution in [3.63, 3.8) is 0 Å². The molecule has 1 aromatic heterocycles. The molecule has 18 heavy (non-hydrogen) atoms. The SMILES string of the molecule is CNCCc1nc(-c2ccccc2Cl)c(C)n1C. The maximum Gasteiger partial charge on any atom is 0.110 e. The van der Waals surface area contributed by atoms with Gasteiger partial charge in [-0.3, -0.25) is 0 Å². The lowest BCUT2D eigenvalue weighted by molar-refractivity contribution is 0.710. The van der Waals surface area contributed by atoms with Crippen LogP contribution in [0, 0.1) is 6.92 Å². The number of nitrogens with one attached hydrogen (secondary N) is 1. The summed E-state index contributed by atoms with van der Waals surface area (Å²) in [4.78, 5) is 4.72. The van der Waals surface area contributed by atoms with Crippen molar-refractivity contribution in [2.75, 3.05) is 13.6 Å². The lowest BCUT2D eigenvalue weighted by atomic mass is 10.1. The second-order valence-electron chi connectivity index (χ2n) is 4.35. The van der Waals surface area contributed by atoms with Gasteiger partial charge in [0, 0.05) is 31.3 Å². The zero-order chi connectivity index (χ0) is 13.1. The van der Waals surface area contributed by atoms with E-state index in [0.29, 0.717) is 0 Å². The number of imidazole rings is 1. The van der Waals surface area contributed by atoms with Crippen LogP contribution < -0.4 is 5.32 Å². The Kier molecular flexibility index (Phi) is 4.04. The minimum Gasteiger partial charge on any atom is -0.335 e. The van der Waals surface area contributed by atoms with Crippen LogP contribution in [0.4, 0.5) is 0 Å². The maximum atomic E-state index is 6.24. The molecular formula is C14H18ClN3. The van der Waals surface area contributed by atoms with Crippen molar-refractivity contribution in [3.05, 3.63) is 40.8 Å². The Morgan fingerprint density at radius 2 is 2.06 bits per heavy atom. The number of rotatable bonds is 4. The van der Waals surface area contributed by atoms with Crippen molar-refractivity contribution in [2.45, 2.75) is 13.3 Å². The molecule has 0 saturated heterocycles. The Morgan fingerprint density at radius 1 is 1.33 bits per heavy atom. The molecule has 0 atom stereocenters. The van der Waals surface area contributed by atoms with Crippen molar-refractivity contribution < 1.29 is 0 Å². The van der Waals surface area contributed by atoms with Gasteiger partial charge in [0.1, 0.15) is 5.82 Å². The monoisotopic (exact) mass is 263 g/mol. The van der Waals surface area contributed by atoms with E-state index in [9.17, 15) is 0 Å². The molecule has 1 heterocycles. The molecule has 0 radical (unpaired) electrons. The third-order valence-electron chi connectivity index (χ3n) is 3.20. The average molecular weight is 264 g/mol. The highest BCUT2D eigenvalue weighted by Crippen LogP contribution is 2.29. The van der Waals surface area contributed by atoms with Gasteiger partial charge in [-0.05, 0) is 20.0 Å². The molecular weight excluding hydrogens is 246 g/mol. The van der Waals surface area contributed by atoms with Crippen LogP contribution in [0.25, 0.3) is 11.3 Å². The van der Waals surface area contributed by atoms with E-state index in [4.69, 9.17) is 16.6 Å². The van der Waals surface area contributed by atoms with Gasteiger partial charge in [-0.1, -0.05) is 29.8 Å². The van der Waals surface area contributed by atoms with E-state index < -0.39 is 0 Å². The Labute approximate surface area is 113 Å². The van der Waals surface area contributed by atoms with E-state index in [1.54, 1.807) is 0 Å². The second kappa shape index (κ2) is 5.55. The van der Waals surface area contributed by atoms with Crippen LogP contribution in [0.3, 0.4) is 0 Å². The van der Waals surface area contributed by atoms with Crippen molar-refractivity contribution in [3.8, 4) is 11.3 Å². The number of hydrogen-bond donors (Lipinski definition) is 1. The van der Waals surface area contributed by atoms with Crippen LogP contribution in [-0.4, -0.2) is 23.1 Å². The van der Waals surface area contributed by atoms with Crippen LogP contribution in [0.1, 0.15) is 11.5 Å². The minimum atomic E-state index is 0.749. The number of hydrogen-bond acceptors (Lipinski definition) is 2. The fraction of sp³-hybridized carbons (Fsp3) is 0.357. The summed E-state index contributed by atoms with van der Waals surface area (Å²) < 4.78 is 2.13. The van der Waals surface area contributed by atoms with E-state index in [1.165, 1.54) is 0 Å². The first-order valence-corrected chi connectivity index (χ1v) is 6.44. The minimum absolute atomic E-state index is 0.749. The zero-order valence-electron chi connectivity index (χ0n) is 11.0. The first-order valence-electron chi connectivity index (χ1n) is 6.07. The van der Waals surface area contributed by atoms with Gasteiger partial charge >= 0.3 is 0 Å². The molecule has 3 nitrogen and oxygen atoms in total. The Morgan fingerprint density at radius 3 is 2.72 bits per heavy atom. The Balaban J connectivity index is 2.43. The summed E-state index contributed by atoms with van der Waals surface area (Å²) in [5.41, 5.74) is 3.13. The molecule has 4 heteroatoms. The normalized spacial score (nSPS) is 10.9. The molecule has 0 aliphatic rings. The van der Waals surface area contributed by atoms with E-state index in [-0.39, 0.29) is 0 Å². The highest BCUT2D eigenvalue weighted by Gasteiger charge is 2.14. The average Bonchev–Trinajstić information content (AvgIpc) is 2.65. The van der Waals surface area contributed by atoms with E-state index in [2.05, 4.69) is 16.8 Å². The molecule has 0 saturated carbocycles. The quantitative estimate of drug-likeness (QED) is 0.919. The predicted octanol–water partition coefficient (Wildman–Crippen LogP) is 2.81. The molecule has 0 aliphatic carbocycles. The molecule has 2 rings (SSSR count). The van der Waals surface area contributed by atoms with Crippen molar-refractivity contribution >= 4 is 11.6 Å². The van der Waals surface area contributed by atoms with E-state index >= 15 is 0 Å². The summed E-state index contributed by atoms with van der Waals surface area (Å²) in [5.74, 6) is 1.08. The van der Waals surface area contributed by atoms with Gasteiger partial charge < -0.3 is 9.88 Å². The Bertz CT molecular complexity index is 546. The molecule has 0 aliphatic heterocycles. The zero-order valence-corrected chi connectivity index (χ0v) is 11.8. The molecule has 0 spiro atoms. The summed E-state index contributed by atoms with van der Waals surface area (Å²) in [7, 11) is 4.00. The summed E-state index contributed by atoms with van der Waals surface area (Å²) in [5, 5.41) is 3.89. The number of benzene rings is 1. The largest absolute Gasteiger partial charge is 0.335 e. The molecule has 1 N–H and O–H groups in total. The van der Waals surface area contributed by atoms with Gasteiger partial charge in [-0.2, -0.15) is 0 Å². The molecule has 0 bridgehead atoms. The summed E-state index contributed by atoms with van der Waals surface area (Å²) in [6.07, 6.45) is 0.915.